The summed E-state index contributed by atoms with van der Waals surface area (Å²) in [6, 6.07) is 6.95. The molecule has 0 aromatic carbocycles. The molecule has 0 aliphatic heterocycles. The van der Waals surface area contributed by atoms with Gasteiger partial charge in [-0.15, -0.1) is 0 Å². The Labute approximate surface area is 102 Å². The van der Waals surface area contributed by atoms with Gasteiger partial charge in [-0.05, 0) is 18.2 Å². The van der Waals surface area contributed by atoms with Gasteiger partial charge in [0, 0.05) is 18.6 Å². The number of aromatic nitrogens is 4. The third-order valence-corrected chi connectivity index (χ3v) is 2.52. The first-order valence-corrected chi connectivity index (χ1v) is 5.25. The van der Waals surface area contributed by atoms with E-state index in [1.165, 1.54) is 10.7 Å². The Kier molecular flexibility index (Phi) is 2.26. The molecule has 0 atom stereocenters. The van der Waals surface area contributed by atoms with Gasteiger partial charge in [0.1, 0.15) is 11.3 Å². The normalized spacial score (nSPS) is 10.7. The Morgan fingerprint density at radius 1 is 1.17 bits per heavy atom. The van der Waals surface area contributed by atoms with Crippen molar-refractivity contribution in [1.82, 2.24) is 19.6 Å². The second kappa shape index (κ2) is 3.92. The fraction of sp³-hybridized carbons (Fsp3) is 0. The van der Waals surface area contributed by atoms with Gasteiger partial charge in [-0.2, -0.15) is 5.10 Å². The van der Waals surface area contributed by atoms with Crippen LogP contribution < -0.4 is 0 Å². The van der Waals surface area contributed by atoms with E-state index in [-0.39, 0.29) is 5.56 Å². The second-order valence-corrected chi connectivity index (χ2v) is 3.63. The summed E-state index contributed by atoms with van der Waals surface area (Å²) in [5, 5.41) is 13.5. The highest BCUT2D eigenvalue weighted by Crippen LogP contribution is 2.23. The van der Waals surface area contributed by atoms with E-state index in [1.807, 2.05) is 0 Å². The lowest BCUT2D eigenvalue weighted by Gasteiger charge is -1.96. The number of carboxylic acid groups (broad SMARTS) is 1. The summed E-state index contributed by atoms with van der Waals surface area (Å²) >= 11 is 0. The average Bonchev–Trinajstić information content (AvgIpc) is 2.79. The Hall–Kier alpha value is -2.76. The van der Waals surface area contributed by atoms with Crippen molar-refractivity contribution in [3.63, 3.8) is 0 Å². The van der Waals surface area contributed by atoms with Gasteiger partial charge in [0.25, 0.3) is 0 Å². The molecule has 18 heavy (non-hydrogen) atoms. The topological polar surface area (TPSA) is 80.4 Å². The Balaban J connectivity index is 2.36. The van der Waals surface area contributed by atoms with Crippen LogP contribution in [0.3, 0.4) is 0 Å². The number of pyridine rings is 1. The number of hydrogen-bond acceptors (Lipinski definition) is 4. The molecule has 6 nitrogen and oxygen atoms in total. The zero-order valence-electron chi connectivity index (χ0n) is 9.19. The summed E-state index contributed by atoms with van der Waals surface area (Å²) in [4.78, 5) is 19.5. The number of rotatable bonds is 2. The maximum atomic E-state index is 11.3. The number of carboxylic acids is 1. The van der Waals surface area contributed by atoms with Crippen LogP contribution in [0.25, 0.3) is 17.0 Å². The quantitative estimate of drug-likeness (QED) is 0.734. The molecule has 3 rings (SSSR count). The average molecular weight is 240 g/mol. The highest BCUT2D eigenvalue weighted by molar-refractivity contribution is 6.00. The van der Waals surface area contributed by atoms with Gasteiger partial charge in [-0.1, -0.05) is 6.07 Å². The minimum absolute atomic E-state index is 0.0642. The molecular weight excluding hydrogens is 232 g/mol. The van der Waals surface area contributed by atoms with Crippen LogP contribution in [0.4, 0.5) is 0 Å². The lowest BCUT2D eigenvalue weighted by molar-refractivity contribution is 0.0699. The second-order valence-electron chi connectivity index (χ2n) is 3.63. The van der Waals surface area contributed by atoms with E-state index in [1.54, 1.807) is 36.7 Å². The molecule has 0 amide bonds. The van der Waals surface area contributed by atoms with Crippen LogP contribution in [0.5, 0.6) is 0 Å². The van der Waals surface area contributed by atoms with Crippen LogP contribution in [0, 0.1) is 0 Å². The van der Waals surface area contributed by atoms with Gasteiger partial charge in [0.2, 0.25) is 0 Å². The van der Waals surface area contributed by atoms with Gasteiger partial charge in [-0.3, -0.25) is 4.98 Å². The lowest BCUT2D eigenvalue weighted by atomic mass is 10.2. The van der Waals surface area contributed by atoms with Gasteiger partial charge in [-0.25, -0.2) is 14.3 Å². The highest BCUT2D eigenvalue weighted by Gasteiger charge is 2.21. The van der Waals surface area contributed by atoms with Crippen molar-refractivity contribution in [2.45, 2.75) is 0 Å². The van der Waals surface area contributed by atoms with Gasteiger partial charge < -0.3 is 5.11 Å². The third kappa shape index (κ3) is 1.51. The monoisotopic (exact) mass is 240 g/mol. The molecule has 3 aromatic rings. The summed E-state index contributed by atoms with van der Waals surface area (Å²) in [5.74, 6) is -1.07. The summed E-state index contributed by atoms with van der Waals surface area (Å²) < 4.78 is 1.44. The smallest absolute Gasteiger partial charge is 0.341 e. The molecule has 0 bridgehead atoms. The van der Waals surface area contributed by atoms with E-state index in [0.29, 0.717) is 17.0 Å². The molecular formula is C12H8N4O2. The van der Waals surface area contributed by atoms with Crippen LogP contribution in [0.2, 0.25) is 0 Å². The SMILES string of the molecule is O=C(O)c1c(-c2ccccn2)nn2cccnc12. The number of nitrogens with zero attached hydrogens (tertiary/aromatic N) is 4. The van der Waals surface area contributed by atoms with Crippen LogP contribution in [-0.4, -0.2) is 30.7 Å². The molecule has 0 spiro atoms. The van der Waals surface area contributed by atoms with Gasteiger partial charge in [0.05, 0.1) is 5.69 Å². The fourth-order valence-corrected chi connectivity index (χ4v) is 1.77. The molecule has 0 aliphatic carbocycles. The summed E-state index contributed by atoms with van der Waals surface area (Å²) in [5.41, 5.74) is 1.21. The molecule has 6 heteroatoms. The fourth-order valence-electron chi connectivity index (χ4n) is 1.77. The molecule has 0 saturated heterocycles. The predicted octanol–water partition coefficient (Wildman–Crippen LogP) is 1.49. The summed E-state index contributed by atoms with van der Waals surface area (Å²) in [6.07, 6.45) is 4.78. The third-order valence-electron chi connectivity index (χ3n) is 2.52. The van der Waals surface area contributed by atoms with E-state index in [2.05, 4.69) is 15.1 Å². The van der Waals surface area contributed by atoms with Crippen LogP contribution >= 0.6 is 0 Å². The summed E-state index contributed by atoms with van der Waals surface area (Å²) in [7, 11) is 0. The molecule has 0 aliphatic rings. The minimum Gasteiger partial charge on any atom is -0.477 e. The Morgan fingerprint density at radius 2 is 2.00 bits per heavy atom. The molecule has 88 valence electrons. The summed E-state index contributed by atoms with van der Waals surface area (Å²) in [6.45, 7) is 0. The molecule has 0 saturated carbocycles. The van der Waals surface area contributed by atoms with Gasteiger partial charge in [0.15, 0.2) is 5.65 Å². The molecule has 1 N–H and O–H groups in total. The van der Waals surface area contributed by atoms with Crippen LogP contribution in [0.1, 0.15) is 10.4 Å². The molecule has 0 radical (unpaired) electrons. The van der Waals surface area contributed by atoms with Crippen molar-refractivity contribution in [3.8, 4) is 11.4 Å². The number of aromatic carboxylic acids is 1. The van der Waals surface area contributed by atoms with E-state index in [4.69, 9.17) is 0 Å². The van der Waals surface area contributed by atoms with Crippen molar-refractivity contribution in [3.05, 3.63) is 48.4 Å². The number of fused-ring (bicyclic) bond motifs is 1. The number of carbonyl (C=O) groups is 1. The van der Waals surface area contributed by atoms with E-state index < -0.39 is 5.97 Å². The largest absolute Gasteiger partial charge is 0.477 e. The zero-order valence-corrected chi connectivity index (χ0v) is 9.19. The predicted molar refractivity (Wildman–Crippen MR) is 63.2 cm³/mol. The zero-order chi connectivity index (χ0) is 12.5. The van der Waals surface area contributed by atoms with Crippen molar-refractivity contribution in [1.29, 1.82) is 0 Å². The molecule has 3 aromatic heterocycles. The Bertz CT molecular complexity index is 721. The van der Waals surface area contributed by atoms with E-state index >= 15 is 0 Å². The standard InChI is InChI=1S/C12H8N4O2/c17-12(18)9-10(8-4-1-2-5-13-8)15-16-7-3-6-14-11(9)16/h1-7H,(H,17,18). The Morgan fingerprint density at radius 3 is 2.72 bits per heavy atom. The van der Waals surface area contributed by atoms with E-state index in [0.717, 1.165) is 0 Å². The molecule has 3 heterocycles. The maximum Gasteiger partial charge on any atom is 0.341 e. The van der Waals surface area contributed by atoms with Crippen molar-refractivity contribution >= 4 is 11.6 Å². The van der Waals surface area contributed by atoms with Gasteiger partial charge >= 0.3 is 5.97 Å². The minimum atomic E-state index is -1.07. The van der Waals surface area contributed by atoms with Crippen molar-refractivity contribution < 1.29 is 9.90 Å². The molecule has 0 unspecified atom stereocenters. The van der Waals surface area contributed by atoms with Crippen molar-refractivity contribution in [2.75, 3.05) is 0 Å². The molecule has 0 fully saturated rings. The van der Waals surface area contributed by atoms with E-state index in [9.17, 15) is 9.90 Å². The maximum absolute atomic E-state index is 11.3. The lowest BCUT2D eigenvalue weighted by Crippen LogP contribution is -1.99. The number of hydrogen-bond donors (Lipinski definition) is 1. The van der Waals surface area contributed by atoms with Crippen LogP contribution in [-0.2, 0) is 0 Å². The van der Waals surface area contributed by atoms with Crippen molar-refractivity contribution in [2.24, 2.45) is 0 Å². The highest BCUT2D eigenvalue weighted by atomic mass is 16.4. The van der Waals surface area contributed by atoms with Crippen LogP contribution in [0.15, 0.2) is 42.9 Å². The first kappa shape index (κ1) is 10.4. The first-order valence-electron chi connectivity index (χ1n) is 5.25. The first-order chi connectivity index (χ1) is 8.77.